The van der Waals surface area contributed by atoms with Crippen LogP contribution in [0, 0.1) is 6.92 Å². The predicted octanol–water partition coefficient (Wildman–Crippen LogP) is 4.90. The Hall–Kier alpha value is -3.55. The van der Waals surface area contributed by atoms with Crippen molar-refractivity contribution in [3.63, 3.8) is 0 Å². The van der Waals surface area contributed by atoms with Crippen LogP contribution >= 0.6 is 0 Å². The fraction of sp³-hybridized carbons (Fsp3) is 0.267. The molecule has 2 bridgehead atoms. The molecule has 0 aliphatic carbocycles. The number of ketones is 1. The lowest BCUT2D eigenvalue weighted by atomic mass is 9.93. The van der Waals surface area contributed by atoms with Crippen LogP contribution in [-0.4, -0.2) is 44.7 Å². The van der Waals surface area contributed by atoms with E-state index < -0.39 is 16.0 Å². The van der Waals surface area contributed by atoms with Crippen LogP contribution in [0.1, 0.15) is 45.5 Å². The second-order valence-corrected chi connectivity index (χ2v) is 11.1. The number of carbonyl (C=O) groups is 2. The highest BCUT2D eigenvalue weighted by atomic mass is 32.2. The fourth-order valence-corrected chi connectivity index (χ4v) is 5.86. The molecule has 0 unspecified atom stereocenters. The Morgan fingerprint density at radius 3 is 2.32 bits per heavy atom. The predicted molar refractivity (Wildman–Crippen MR) is 143 cm³/mol. The summed E-state index contributed by atoms with van der Waals surface area (Å²) < 4.78 is 33.6. The topological polar surface area (TPSA) is 80.8 Å². The maximum atomic E-state index is 13.6. The average Bonchev–Trinajstić information content (AvgIpc) is 2.94. The van der Waals surface area contributed by atoms with Crippen LogP contribution in [0.4, 0.5) is 0 Å². The van der Waals surface area contributed by atoms with E-state index in [9.17, 15) is 18.0 Å². The summed E-state index contributed by atoms with van der Waals surface area (Å²) in [6.45, 7) is 2.07. The van der Waals surface area contributed by atoms with Gasteiger partial charge in [0.15, 0.2) is 5.78 Å². The van der Waals surface area contributed by atoms with Crippen LogP contribution < -0.4 is 0 Å². The van der Waals surface area contributed by atoms with Crippen LogP contribution in [-0.2, 0) is 32.4 Å². The summed E-state index contributed by atoms with van der Waals surface area (Å²) in [5.41, 5.74) is 4.36. The summed E-state index contributed by atoms with van der Waals surface area (Å²) >= 11 is 0. The zero-order chi connectivity index (χ0) is 26.4. The van der Waals surface area contributed by atoms with Gasteiger partial charge in [-0.1, -0.05) is 66.2 Å². The third-order valence-corrected chi connectivity index (χ3v) is 8.52. The van der Waals surface area contributed by atoms with Crippen molar-refractivity contribution in [3.05, 3.63) is 112 Å². The summed E-state index contributed by atoms with van der Waals surface area (Å²) in [4.78, 5) is 26.1. The molecule has 5 rings (SSSR count). The van der Waals surface area contributed by atoms with Crippen molar-refractivity contribution >= 4 is 21.8 Å². The molecule has 6 nitrogen and oxygen atoms in total. The lowest BCUT2D eigenvalue weighted by molar-refractivity contribution is -0.136. The van der Waals surface area contributed by atoms with E-state index in [0.29, 0.717) is 42.4 Å². The minimum atomic E-state index is -3.85. The van der Waals surface area contributed by atoms with E-state index in [1.807, 2.05) is 43.3 Å². The Kier molecular flexibility index (Phi) is 8.36. The van der Waals surface area contributed by atoms with Gasteiger partial charge in [0.05, 0.1) is 12.0 Å². The summed E-state index contributed by atoms with van der Waals surface area (Å²) in [5, 5.41) is 0. The number of benzene rings is 3. The van der Waals surface area contributed by atoms with Gasteiger partial charge in [0.1, 0.15) is 0 Å². The van der Waals surface area contributed by atoms with E-state index in [2.05, 4.69) is 0 Å². The number of ether oxygens (including phenoxy) is 1. The molecule has 2 aliphatic heterocycles. The summed E-state index contributed by atoms with van der Waals surface area (Å²) in [6, 6.07) is 21.6. The van der Waals surface area contributed by atoms with Gasteiger partial charge in [-0.25, -0.2) is 13.2 Å². The molecule has 0 saturated heterocycles. The highest BCUT2D eigenvalue weighted by Gasteiger charge is 2.25. The molecule has 2 aliphatic rings. The third-order valence-electron chi connectivity index (χ3n) is 6.64. The lowest BCUT2D eigenvalue weighted by Crippen LogP contribution is -2.34. The summed E-state index contributed by atoms with van der Waals surface area (Å²) in [5.74, 6) is -0.550. The van der Waals surface area contributed by atoms with Crippen molar-refractivity contribution in [1.29, 1.82) is 0 Å². The molecule has 0 N–H and O–H groups in total. The number of aryl methyl sites for hydroxylation is 2. The number of hydrogen-bond acceptors (Lipinski definition) is 5. The van der Waals surface area contributed by atoms with E-state index in [1.165, 1.54) is 11.4 Å². The molecule has 3 aromatic carbocycles. The number of fused-ring (bicyclic) bond motifs is 9. The lowest BCUT2D eigenvalue weighted by Gasteiger charge is -2.22. The molecule has 7 heteroatoms. The Labute approximate surface area is 218 Å². The molecule has 37 heavy (non-hydrogen) atoms. The quantitative estimate of drug-likeness (QED) is 0.355. The summed E-state index contributed by atoms with van der Waals surface area (Å²) in [7, 11) is -2.53. The van der Waals surface area contributed by atoms with Gasteiger partial charge in [0.25, 0.3) is 0 Å². The van der Waals surface area contributed by atoms with E-state index >= 15 is 0 Å². The van der Waals surface area contributed by atoms with Gasteiger partial charge >= 0.3 is 5.97 Å². The summed E-state index contributed by atoms with van der Waals surface area (Å²) in [6.07, 6.45) is 3.78. The van der Waals surface area contributed by atoms with Crippen molar-refractivity contribution < 1.29 is 22.7 Å². The van der Waals surface area contributed by atoms with Gasteiger partial charge in [0.2, 0.25) is 10.0 Å². The number of carbonyl (C=O) groups excluding carboxylic acids is 2. The molecule has 0 radical (unpaired) electrons. The Morgan fingerprint density at radius 2 is 1.62 bits per heavy atom. The second-order valence-electron chi connectivity index (χ2n) is 9.19. The number of esters is 1. The minimum Gasteiger partial charge on any atom is -0.466 e. The Morgan fingerprint density at radius 1 is 0.892 bits per heavy atom. The van der Waals surface area contributed by atoms with Gasteiger partial charge in [-0.3, -0.25) is 4.79 Å². The van der Waals surface area contributed by atoms with Crippen molar-refractivity contribution in [2.24, 2.45) is 0 Å². The first-order valence-electron chi connectivity index (χ1n) is 12.4. The third kappa shape index (κ3) is 6.24. The van der Waals surface area contributed by atoms with Gasteiger partial charge < -0.3 is 4.74 Å². The molecule has 0 spiro atoms. The van der Waals surface area contributed by atoms with Gasteiger partial charge in [0, 0.05) is 29.8 Å². The van der Waals surface area contributed by atoms with Crippen molar-refractivity contribution in [2.45, 2.75) is 37.5 Å². The van der Waals surface area contributed by atoms with E-state index in [4.69, 9.17) is 4.74 Å². The molecule has 192 valence electrons. The zero-order valence-electron chi connectivity index (χ0n) is 21.1. The minimum absolute atomic E-state index is 0.0277. The maximum absolute atomic E-state index is 13.6. The first kappa shape index (κ1) is 26.5. The van der Waals surface area contributed by atoms with Crippen LogP contribution in [0.5, 0.6) is 0 Å². The Balaban J connectivity index is 1.75. The monoisotopic (exact) mass is 517 g/mol. The first-order valence-corrected chi connectivity index (χ1v) is 13.8. The number of methoxy groups -OCH3 is 1. The highest BCUT2D eigenvalue weighted by molar-refractivity contribution is 7.89. The second kappa shape index (κ2) is 11.7. The fourth-order valence-electron chi connectivity index (χ4n) is 4.48. The number of nitrogens with zero attached hydrogens (tertiary/aromatic N) is 1. The Bertz CT molecular complexity index is 1410. The number of hydrogen-bond donors (Lipinski definition) is 0. The van der Waals surface area contributed by atoms with Crippen molar-refractivity contribution in [1.82, 2.24) is 4.31 Å². The van der Waals surface area contributed by atoms with Gasteiger partial charge in [-0.15, -0.1) is 0 Å². The number of sulfonamides is 1. The van der Waals surface area contributed by atoms with Crippen molar-refractivity contribution in [2.75, 3.05) is 20.2 Å². The van der Waals surface area contributed by atoms with Gasteiger partial charge in [-0.2, -0.15) is 4.31 Å². The molecule has 0 atom stereocenters. The normalized spacial score (nSPS) is 16.5. The van der Waals surface area contributed by atoms with Crippen LogP contribution in [0.2, 0.25) is 0 Å². The molecule has 0 fully saturated rings. The highest BCUT2D eigenvalue weighted by Crippen LogP contribution is 2.23. The molecule has 0 saturated carbocycles. The van der Waals surface area contributed by atoms with E-state index in [-0.39, 0.29) is 23.8 Å². The van der Waals surface area contributed by atoms with Crippen LogP contribution in [0.15, 0.2) is 89.3 Å². The number of rotatable bonds is 5. The average molecular weight is 518 g/mol. The smallest absolute Gasteiger partial charge is 0.333 e. The standard InChI is InChI=1S/C30H31NO5S/c1-22-11-15-27(16-12-22)37(34,35)31-19-17-24-14-13-23(7-6-10-26(18-20-31)30(33)36-2)21-28(24)29(32)25-8-4-3-5-9-25/h3-5,8-9,11-16,18,21H,6-7,10,17,19-20H2,1-2H3/b26-18+. The molecule has 0 aromatic heterocycles. The van der Waals surface area contributed by atoms with E-state index in [1.54, 1.807) is 42.5 Å². The van der Waals surface area contributed by atoms with E-state index in [0.717, 1.165) is 16.7 Å². The maximum Gasteiger partial charge on any atom is 0.333 e. The molecule has 0 amide bonds. The SMILES string of the molecule is COC(=O)/C1=C/CN(S(=O)(=O)c2ccc(C)cc2)CCc2ccc(cc2C(=O)c2ccccc2)CCC1. The van der Waals surface area contributed by atoms with Crippen LogP contribution in [0.3, 0.4) is 0 Å². The molecular weight excluding hydrogens is 486 g/mol. The van der Waals surface area contributed by atoms with Crippen LogP contribution in [0.25, 0.3) is 0 Å². The largest absolute Gasteiger partial charge is 0.466 e. The zero-order valence-corrected chi connectivity index (χ0v) is 22.0. The first-order chi connectivity index (χ1) is 17.8. The molecule has 3 aromatic rings. The molecular formula is C30H31NO5S. The molecule has 2 heterocycles. The van der Waals surface area contributed by atoms with Gasteiger partial charge in [-0.05, 0) is 61.9 Å². The van der Waals surface area contributed by atoms with Crippen molar-refractivity contribution in [3.8, 4) is 0 Å².